The Balaban J connectivity index is 2.01. The molecule has 1 aliphatic rings. The summed E-state index contributed by atoms with van der Waals surface area (Å²) in [6.45, 7) is 5.94. The molecule has 0 saturated carbocycles. The predicted molar refractivity (Wildman–Crippen MR) is 74.7 cm³/mol. The van der Waals surface area contributed by atoms with Crippen molar-refractivity contribution >= 4 is 28.8 Å². The van der Waals surface area contributed by atoms with Gasteiger partial charge in [-0.1, -0.05) is 13.8 Å². The number of hydrogen-bond donors (Lipinski definition) is 0. The fourth-order valence-corrected chi connectivity index (χ4v) is 3.14. The summed E-state index contributed by atoms with van der Waals surface area (Å²) in [5.74, 6) is 0.695. The molecule has 5 heteroatoms. The predicted octanol–water partition coefficient (Wildman–Crippen LogP) is 3.42. The highest BCUT2D eigenvalue weighted by Gasteiger charge is 2.27. The van der Waals surface area contributed by atoms with Gasteiger partial charge in [0.05, 0.1) is 18.1 Å². The molecule has 1 aromatic rings. The van der Waals surface area contributed by atoms with E-state index < -0.39 is 0 Å². The smallest absolute Gasteiger partial charge is 0.222 e. The molecule has 18 heavy (non-hydrogen) atoms. The molecule has 100 valence electrons. The van der Waals surface area contributed by atoms with Crippen molar-refractivity contribution in [1.82, 2.24) is 9.88 Å². The Hall–Kier alpha value is -0.610. The summed E-state index contributed by atoms with van der Waals surface area (Å²) in [7, 11) is 0. The monoisotopic (exact) mass is 286 g/mol. The fraction of sp³-hybridized carbons (Fsp3) is 0.692. The number of alkyl halides is 1. The summed E-state index contributed by atoms with van der Waals surface area (Å²) < 4.78 is 0. The van der Waals surface area contributed by atoms with Crippen molar-refractivity contribution in [2.75, 3.05) is 6.54 Å². The van der Waals surface area contributed by atoms with Crippen molar-refractivity contribution in [3.05, 3.63) is 16.1 Å². The first-order chi connectivity index (χ1) is 8.50. The number of carbonyl (C=O) groups is 1. The Labute approximate surface area is 117 Å². The number of likely N-dealkylation sites (tertiary alicyclic amines) is 1. The maximum Gasteiger partial charge on any atom is 0.222 e. The Kier molecular flexibility index (Phi) is 4.28. The molecule has 0 atom stereocenters. The average Bonchev–Trinajstić information content (AvgIpc) is 2.74. The summed E-state index contributed by atoms with van der Waals surface area (Å²) in [6, 6.07) is 0. The second kappa shape index (κ2) is 5.57. The topological polar surface area (TPSA) is 33.2 Å². The number of aromatic nitrogens is 1. The molecule has 2 rings (SSSR count). The third-order valence-electron chi connectivity index (χ3n) is 3.49. The van der Waals surface area contributed by atoms with E-state index in [1.807, 2.05) is 10.3 Å². The molecule has 1 amide bonds. The van der Waals surface area contributed by atoms with Crippen LogP contribution in [0, 0.1) is 5.41 Å². The van der Waals surface area contributed by atoms with Crippen molar-refractivity contribution in [3.8, 4) is 0 Å². The molecule has 1 fully saturated rings. The molecule has 1 aromatic heterocycles. The van der Waals surface area contributed by atoms with E-state index in [1.54, 1.807) is 11.3 Å². The van der Waals surface area contributed by atoms with Crippen LogP contribution in [0.4, 0.5) is 0 Å². The van der Waals surface area contributed by atoms with Crippen LogP contribution in [0.3, 0.4) is 0 Å². The Morgan fingerprint density at radius 2 is 2.28 bits per heavy atom. The van der Waals surface area contributed by atoms with Crippen molar-refractivity contribution in [3.63, 3.8) is 0 Å². The van der Waals surface area contributed by atoms with E-state index in [1.165, 1.54) is 0 Å². The quantitative estimate of drug-likeness (QED) is 0.798. The first kappa shape index (κ1) is 13.8. The standard InChI is InChI=1S/C13H19ClN2OS/c1-13(2)4-3-12(17)16(6-5-13)8-11-15-10(7-14)9-18-11/h9H,3-8H2,1-2H3. The van der Waals surface area contributed by atoms with Gasteiger partial charge in [-0.05, 0) is 18.3 Å². The van der Waals surface area contributed by atoms with Crippen molar-refractivity contribution in [1.29, 1.82) is 0 Å². The minimum atomic E-state index is 0.253. The second-order valence-electron chi connectivity index (χ2n) is 5.60. The van der Waals surface area contributed by atoms with Crippen LogP contribution in [-0.2, 0) is 17.2 Å². The van der Waals surface area contributed by atoms with Gasteiger partial charge in [0, 0.05) is 18.3 Å². The third kappa shape index (κ3) is 3.45. The molecule has 2 heterocycles. The first-order valence-electron chi connectivity index (χ1n) is 6.27. The zero-order valence-electron chi connectivity index (χ0n) is 10.9. The molecule has 0 aromatic carbocycles. The van der Waals surface area contributed by atoms with Gasteiger partial charge in [0.2, 0.25) is 5.91 Å². The molecule has 1 aliphatic heterocycles. The van der Waals surface area contributed by atoms with Crippen LogP contribution in [0.25, 0.3) is 0 Å². The fourth-order valence-electron chi connectivity index (χ4n) is 2.10. The molecule has 3 nitrogen and oxygen atoms in total. The number of amides is 1. The van der Waals surface area contributed by atoms with Crippen LogP contribution in [0.1, 0.15) is 43.8 Å². The average molecular weight is 287 g/mol. The minimum absolute atomic E-state index is 0.253. The van der Waals surface area contributed by atoms with Gasteiger partial charge in [0.25, 0.3) is 0 Å². The summed E-state index contributed by atoms with van der Waals surface area (Å²) in [5.41, 5.74) is 1.17. The van der Waals surface area contributed by atoms with E-state index in [-0.39, 0.29) is 11.3 Å². The van der Waals surface area contributed by atoms with Crippen LogP contribution < -0.4 is 0 Å². The minimum Gasteiger partial charge on any atom is -0.336 e. The van der Waals surface area contributed by atoms with E-state index >= 15 is 0 Å². The second-order valence-corrected chi connectivity index (χ2v) is 6.81. The van der Waals surface area contributed by atoms with E-state index in [0.29, 0.717) is 18.8 Å². The van der Waals surface area contributed by atoms with Crippen LogP contribution in [-0.4, -0.2) is 22.3 Å². The highest BCUT2D eigenvalue weighted by atomic mass is 35.5. The molecule has 0 N–H and O–H groups in total. The lowest BCUT2D eigenvalue weighted by molar-refractivity contribution is -0.131. The number of hydrogen-bond acceptors (Lipinski definition) is 3. The summed E-state index contributed by atoms with van der Waals surface area (Å²) in [4.78, 5) is 18.4. The van der Waals surface area contributed by atoms with Crippen LogP contribution in [0.15, 0.2) is 5.38 Å². The molecular formula is C13H19ClN2OS. The highest BCUT2D eigenvalue weighted by Crippen LogP contribution is 2.31. The first-order valence-corrected chi connectivity index (χ1v) is 7.69. The third-order valence-corrected chi connectivity index (χ3v) is 4.65. The number of carbonyl (C=O) groups excluding carboxylic acids is 1. The highest BCUT2D eigenvalue weighted by molar-refractivity contribution is 7.09. The number of rotatable bonds is 3. The van der Waals surface area contributed by atoms with Gasteiger partial charge in [-0.3, -0.25) is 4.79 Å². The molecule has 1 saturated heterocycles. The SMILES string of the molecule is CC1(C)CCC(=O)N(Cc2nc(CCl)cs2)CC1. The van der Waals surface area contributed by atoms with Gasteiger partial charge in [0.1, 0.15) is 5.01 Å². The normalized spacial score (nSPS) is 19.9. The molecule has 0 aliphatic carbocycles. The summed E-state index contributed by atoms with van der Waals surface area (Å²) in [6.07, 6.45) is 2.69. The molecule has 0 spiro atoms. The molecule has 0 radical (unpaired) electrons. The van der Waals surface area contributed by atoms with Gasteiger partial charge in [0.15, 0.2) is 0 Å². The zero-order valence-corrected chi connectivity index (χ0v) is 12.5. The zero-order chi connectivity index (χ0) is 13.2. The number of thiazole rings is 1. The molecule has 0 unspecified atom stereocenters. The number of nitrogens with zero attached hydrogens (tertiary/aromatic N) is 2. The lowest BCUT2D eigenvalue weighted by Gasteiger charge is -2.22. The maximum atomic E-state index is 12.1. The van der Waals surface area contributed by atoms with Crippen LogP contribution in [0.2, 0.25) is 0 Å². The Bertz CT molecular complexity index is 430. The lowest BCUT2D eigenvalue weighted by Crippen LogP contribution is -2.30. The lowest BCUT2D eigenvalue weighted by atomic mass is 9.85. The van der Waals surface area contributed by atoms with E-state index in [0.717, 1.165) is 30.1 Å². The van der Waals surface area contributed by atoms with Gasteiger partial charge in [-0.15, -0.1) is 22.9 Å². The van der Waals surface area contributed by atoms with E-state index in [2.05, 4.69) is 18.8 Å². The van der Waals surface area contributed by atoms with Crippen molar-refractivity contribution in [2.45, 2.75) is 45.5 Å². The van der Waals surface area contributed by atoms with Gasteiger partial charge < -0.3 is 4.90 Å². The van der Waals surface area contributed by atoms with E-state index in [9.17, 15) is 4.79 Å². The van der Waals surface area contributed by atoms with Crippen molar-refractivity contribution < 1.29 is 4.79 Å². The summed E-state index contributed by atoms with van der Waals surface area (Å²) >= 11 is 7.33. The van der Waals surface area contributed by atoms with E-state index in [4.69, 9.17) is 11.6 Å². The van der Waals surface area contributed by atoms with Gasteiger partial charge >= 0.3 is 0 Å². The molecular weight excluding hydrogens is 268 g/mol. The van der Waals surface area contributed by atoms with Crippen molar-refractivity contribution in [2.24, 2.45) is 5.41 Å². The van der Waals surface area contributed by atoms with Gasteiger partial charge in [-0.2, -0.15) is 0 Å². The Morgan fingerprint density at radius 3 is 2.94 bits per heavy atom. The maximum absolute atomic E-state index is 12.1. The largest absolute Gasteiger partial charge is 0.336 e. The Morgan fingerprint density at radius 1 is 1.50 bits per heavy atom. The van der Waals surface area contributed by atoms with Crippen LogP contribution >= 0.6 is 22.9 Å². The van der Waals surface area contributed by atoms with Gasteiger partial charge in [-0.25, -0.2) is 4.98 Å². The summed E-state index contributed by atoms with van der Waals surface area (Å²) in [5, 5.41) is 2.95. The molecule has 0 bridgehead atoms. The van der Waals surface area contributed by atoms with Crippen LogP contribution in [0.5, 0.6) is 0 Å². The number of halogens is 1.